The first kappa shape index (κ1) is 16.6. The predicted molar refractivity (Wildman–Crippen MR) is 88.1 cm³/mol. The highest BCUT2D eigenvalue weighted by atomic mass is 32.2. The van der Waals surface area contributed by atoms with Crippen molar-refractivity contribution in [1.29, 1.82) is 0 Å². The second-order valence-corrected chi connectivity index (χ2v) is 8.11. The van der Waals surface area contributed by atoms with Gasteiger partial charge in [0.15, 0.2) is 5.78 Å². The first-order chi connectivity index (χ1) is 11.0. The third-order valence-electron chi connectivity index (χ3n) is 4.70. The van der Waals surface area contributed by atoms with Gasteiger partial charge in [0.2, 0.25) is 10.0 Å². The third-order valence-corrected chi connectivity index (χ3v) is 6.60. The van der Waals surface area contributed by atoms with E-state index in [0.717, 1.165) is 32.6 Å². The van der Waals surface area contributed by atoms with Crippen molar-refractivity contribution in [1.82, 2.24) is 14.5 Å². The minimum atomic E-state index is -3.53. The number of ketones is 1. The average molecular weight is 337 g/mol. The van der Waals surface area contributed by atoms with Crippen molar-refractivity contribution in [2.75, 3.05) is 39.3 Å². The van der Waals surface area contributed by atoms with Gasteiger partial charge in [-0.1, -0.05) is 12.1 Å². The second-order valence-electron chi connectivity index (χ2n) is 6.17. The lowest BCUT2D eigenvalue weighted by Gasteiger charge is -2.37. The van der Waals surface area contributed by atoms with E-state index in [1.807, 2.05) is 0 Å². The van der Waals surface area contributed by atoms with Crippen molar-refractivity contribution < 1.29 is 13.2 Å². The van der Waals surface area contributed by atoms with Crippen molar-refractivity contribution in [3.63, 3.8) is 0 Å². The lowest BCUT2D eigenvalue weighted by atomic mass is 10.2. The SMILES string of the molecule is CC(=O)c1cccc(S(=O)(=O)N2CCN(C3CCNC3)CC2)c1. The highest BCUT2D eigenvalue weighted by Gasteiger charge is 2.32. The minimum absolute atomic E-state index is 0.124. The van der Waals surface area contributed by atoms with Crippen LogP contribution in [0.25, 0.3) is 0 Å². The van der Waals surface area contributed by atoms with Gasteiger partial charge in [-0.2, -0.15) is 4.31 Å². The molecule has 0 radical (unpaired) electrons. The normalized spacial score (nSPS) is 24.0. The van der Waals surface area contributed by atoms with Gasteiger partial charge in [0.25, 0.3) is 0 Å². The van der Waals surface area contributed by atoms with Crippen LogP contribution in [0.1, 0.15) is 23.7 Å². The van der Waals surface area contributed by atoms with E-state index in [1.165, 1.54) is 17.3 Å². The number of hydrogen-bond acceptors (Lipinski definition) is 5. The number of Topliss-reactive ketones (excluding diaryl/α,β-unsaturated/α-hetero) is 1. The molecule has 0 bridgehead atoms. The maximum absolute atomic E-state index is 12.8. The first-order valence-electron chi connectivity index (χ1n) is 8.04. The van der Waals surface area contributed by atoms with Crippen LogP contribution < -0.4 is 5.32 Å². The van der Waals surface area contributed by atoms with Gasteiger partial charge in [-0.15, -0.1) is 0 Å². The summed E-state index contributed by atoms with van der Waals surface area (Å²) in [5.74, 6) is -0.124. The van der Waals surface area contributed by atoms with E-state index in [2.05, 4.69) is 10.2 Å². The number of carbonyl (C=O) groups excluding carboxylic acids is 1. The Bertz CT molecular complexity index is 676. The molecule has 1 unspecified atom stereocenters. The molecule has 23 heavy (non-hydrogen) atoms. The molecule has 126 valence electrons. The van der Waals surface area contributed by atoms with Crippen LogP contribution in [-0.2, 0) is 10.0 Å². The van der Waals surface area contributed by atoms with Gasteiger partial charge in [-0.05, 0) is 32.0 Å². The van der Waals surface area contributed by atoms with Crippen LogP contribution in [0.5, 0.6) is 0 Å². The Morgan fingerprint density at radius 3 is 2.57 bits per heavy atom. The number of carbonyl (C=O) groups is 1. The largest absolute Gasteiger partial charge is 0.315 e. The Balaban J connectivity index is 1.71. The van der Waals surface area contributed by atoms with Gasteiger partial charge in [0, 0.05) is 44.3 Å². The van der Waals surface area contributed by atoms with Crippen LogP contribution >= 0.6 is 0 Å². The Labute approximate surface area is 137 Å². The molecule has 2 saturated heterocycles. The number of sulfonamides is 1. The lowest BCUT2D eigenvalue weighted by molar-refractivity contribution is 0.101. The standard InChI is InChI=1S/C16H23N3O3S/c1-13(20)14-3-2-4-16(11-14)23(21,22)19-9-7-18(8-10-19)15-5-6-17-12-15/h2-4,11,15,17H,5-10,12H2,1H3. The highest BCUT2D eigenvalue weighted by molar-refractivity contribution is 7.89. The van der Waals surface area contributed by atoms with E-state index in [0.29, 0.717) is 24.7 Å². The van der Waals surface area contributed by atoms with Gasteiger partial charge in [0.05, 0.1) is 4.90 Å². The summed E-state index contributed by atoms with van der Waals surface area (Å²) in [6.45, 7) is 6.01. The number of nitrogens with zero attached hydrogens (tertiary/aromatic N) is 2. The van der Waals surface area contributed by atoms with Crippen LogP contribution in [-0.4, -0.2) is 68.7 Å². The van der Waals surface area contributed by atoms with Gasteiger partial charge in [-0.3, -0.25) is 9.69 Å². The van der Waals surface area contributed by atoms with E-state index < -0.39 is 10.0 Å². The Morgan fingerprint density at radius 1 is 1.22 bits per heavy atom. The van der Waals surface area contributed by atoms with E-state index in [1.54, 1.807) is 18.2 Å². The molecular formula is C16H23N3O3S. The molecule has 2 heterocycles. The Morgan fingerprint density at radius 2 is 1.96 bits per heavy atom. The molecule has 2 aliphatic rings. The summed E-state index contributed by atoms with van der Waals surface area (Å²) in [7, 11) is -3.53. The van der Waals surface area contributed by atoms with Crippen molar-refractivity contribution >= 4 is 15.8 Å². The van der Waals surface area contributed by atoms with Crippen molar-refractivity contribution in [2.24, 2.45) is 0 Å². The summed E-state index contributed by atoms with van der Waals surface area (Å²) in [5.41, 5.74) is 0.432. The van der Waals surface area contributed by atoms with Crippen molar-refractivity contribution in [3.8, 4) is 0 Å². The summed E-state index contributed by atoms with van der Waals surface area (Å²) in [4.78, 5) is 14.1. The summed E-state index contributed by atoms with van der Waals surface area (Å²) >= 11 is 0. The molecule has 0 aliphatic carbocycles. The molecular weight excluding hydrogens is 314 g/mol. The fourth-order valence-corrected chi connectivity index (χ4v) is 4.75. The zero-order chi connectivity index (χ0) is 16.4. The molecule has 1 N–H and O–H groups in total. The van der Waals surface area contributed by atoms with Crippen LogP contribution in [0, 0.1) is 0 Å². The molecule has 2 fully saturated rings. The van der Waals surface area contributed by atoms with Crippen LogP contribution in [0.3, 0.4) is 0 Å². The molecule has 1 aromatic carbocycles. The van der Waals surface area contributed by atoms with Gasteiger partial charge >= 0.3 is 0 Å². The number of rotatable bonds is 4. The van der Waals surface area contributed by atoms with E-state index in [4.69, 9.17) is 0 Å². The second kappa shape index (κ2) is 6.68. The zero-order valence-electron chi connectivity index (χ0n) is 13.4. The lowest BCUT2D eigenvalue weighted by Crippen LogP contribution is -2.52. The minimum Gasteiger partial charge on any atom is -0.315 e. The first-order valence-corrected chi connectivity index (χ1v) is 9.48. The van der Waals surface area contributed by atoms with Crippen LogP contribution in [0.2, 0.25) is 0 Å². The fraction of sp³-hybridized carbons (Fsp3) is 0.562. The topological polar surface area (TPSA) is 69.7 Å². The smallest absolute Gasteiger partial charge is 0.243 e. The molecule has 1 atom stereocenters. The van der Waals surface area contributed by atoms with E-state index >= 15 is 0 Å². The molecule has 2 aliphatic heterocycles. The Hall–Kier alpha value is -1.28. The third kappa shape index (κ3) is 3.47. The summed E-state index contributed by atoms with van der Waals surface area (Å²) < 4.78 is 27.1. The van der Waals surface area contributed by atoms with E-state index in [-0.39, 0.29) is 10.7 Å². The summed E-state index contributed by atoms with van der Waals surface area (Å²) in [5, 5.41) is 3.35. The number of benzene rings is 1. The monoisotopic (exact) mass is 337 g/mol. The van der Waals surface area contributed by atoms with E-state index in [9.17, 15) is 13.2 Å². The summed E-state index contributed by atoms with van der Waals surface area (Å²) in [6.07, 6.45) is 1.13. The maximum atomic E-state index is 12.8. The molecule has 0 amide bonds. The number of hydrogen-bond donors (Lipinski definition) is 1. The van der Waals surface area contributed by atoms with Gasteiger partial charge < -0.3 is 5.32 Å². The van der Waals surface area contributed by atoms with Crippen molar-refractivity contribution in [2.45, 2.75) is 24.3 Å². The van der Waals surface area contributed by atoms with Crippen molar-refractivity contribution in [3.05, 3.63) is 29.8 Å². The quantitative estimate of drug-likeness (QED) is 0.813. The zero-order valence-corrected chi connectivity index (χ0v) is 14.2. The molecule has 0 spiro atoms. The molecule has 0 aromatic heterocycles. The predicted octanol–water partition coefficient (Wildman–Crippen LogP) is 0.557. The summed E-state index contributed by atoms with van der Waals surface area (Å²) in [6, 6.07) is 6.84. The Kier molecular flexibility index (Phi) is 4.82. The van der Waals surface area contributed by atoms with Crippen LogP contribution in [0.15, 0.2) is 29.2 Å². The maximum Gasteiger partial charge on any atom is 0.243 e. The number of piperazine rings is 1. The van der Waals surface area contributed by atoms with Crippen LogP contribution in [0.4, 0.5) is 0 Å². The fourth-order valence-electron chi connectivity index (χ4n) is 3.28. The molecule has 1 aromatic rings. The van der Waals surface area contributed by atoms with Gasteiger partial charge in [-0.25, -0.2) is 8.42 Å². The van der Waals surface area contributed by atoms with Gasteiger partial charge in [0.1, 0.15) is 0 Å². The molecule has 6 nitrogen and oxygen atoms in total. The average Bonchev–Trinajstić information content (AvgIpc) is 3.09. The number of nitrogens with one attached hydrogen (secondary N) is 1. The highest BCUT2D eigenvalue weighted by Crippen LogP contribution is 2.20. The molecule has 7 heteroatoms. The molecule has 0 saturated carbocycles. The molecule has 3 rings (SSSR count).